The molecule has 4 rings (SSSR count). The Hall–Kier alpha value is -2.03. The quantitative estimate of drug-likeness (QED) is 0.472. The van der Waals surface area contributed by atoms with Gasteiger partial charge in [0.2, 0.25) is 5.89 Å². The topological polar surface area (TPSA) is 81.2 Å². The van der Waals surface area contributed by atoms with E-state index >= 15 is 0 Å². The minimum Gasteiger partial charge on any atom is -0.419 e. The Morgan fingerprint density at radius 3 is 2.75 bits per heavy atom. The first kappa shape index (κ1) is 23.1. The van der Waals surface area contributed by atoms with Gasteiger partial charge < -0.3 is 19.0 Å². The largest absolute Gasteiger partial charge is 0.419 e. The molecule has 1 aliphatic heterocycles. The number of morpholine rings is 1. The molecule has 0 amide bonds. The third kappa shape index (κ3) is 5.66. The van der Waals surface area contributed by atoms with E-state index in [2.05, 4.69) is 52.2 Å². The van der Waals surface area contributed by atoms with Crippen LogP contribution in [0.4, 0.5) is 0 Å². The van der Waals surface area contributed by atoms with Crippen LogP contribution in [-0.4, -0.2) is 70.6 Å². The summed E-state index contributed by atoms with van der Waals surface area (Å²) in [5, 5.41) is 12.3. The van der Waals surface area contributed by atoms with E-state index in [1.165, 1.54) is 12.0 Å². The number of aromatic nitrogens is 4. The van der Waals surface area contributed by atoms with Crippen LogP contribution >= 0.6 is 0 Å². The molecular weight excluding hydrogens is 404 g/mol. The molecule has 0 saturated carbocycles. The summed E-state index contributed by atoms with van der Waals surface area (Å²) in [5.74, 6) is 3.57. The highest BCUT2D eigenvalue weighted by Gasteiger charge is 2.32. The van der Waals surface area contributed by atoms with Crippen LogP contribution in [0.2, 0.25) is 0 Å². The average molecular weight is 443 g/mol. The van der Waals surface area contributed by atoms with Crippen LogP contribution < -0.4 is 5.32 Å². The van der Waals surface area contributed by atoms with Gasteiger partial charge in [-0.2, -0.15) is 0 Å². The molecule has 8 nitrogen and oxygen atoms in total. The summed E-state index contributed by atoms with van der Waals surface area (Å²) >= 11 is 0. The Labute approximate surface area is 191 Å². The van der Waals surface area contributed by atoms with Crippen molar-refractivity contribution < 1.29 is 9.15 Å². The molecule has 1 saturated heterocycles. The van der Waals surface area contributed by atoms with Crippen molar-refractivity contribution >= 4 is 0 Å². The van der Waals surface area contributed by atoms with Crippen LogP contribution in [0.25, 0.3) is 11.6 Å². The molecular formula is C24H38N6O2. The molecule has 0 spiro atoms. The van der Waals surface area contributed by atoms with Gasteiger partial charge in [0, 0.05) is 46.2 Å². The van der Waals surface area contributed by atoms with E-state index in [4.69, 9.17) is 9.15 Å². The Kier molecular flexibility index (Phi) is 7.75. The van der Waals surface area contributed by atoms with Crippen LogP contribution in [-0.2, 0) is 18.2 Å². The molecule has 3 atom stereocenters. The van der Waals surface area contributed by atoms with Gasteiger partial charge in [-0.1, -0.05) is 25.5 Å². The van der Waals surface area contributed by atoms with Gasteiger partial charge in [0.25, 0.3) is 5.89 Å². The molecule has 0 bridgehead atoms. The first-order valence-electron chi connectivity index (χ1n) is 12.0. The van der Waals surface area contributed by atoms with E-state index in [0.717, 1.165) is 58.1 Å². The van der Waals surface area contributed by atoms with E-state index in [1.807, 2.05) is 11.6 Å². The SMILES string of the molecule is CC1=CC(CNCCN2CCOCC2)C(C(C)C)CC1Cc1nnc(-c2cncn2C)o1. The van der Waals surface area contributed by atoms with Gasteiger partial charge in [-0.05, 0) is 37.0 Å². The van der Waals surface area contributed by atoms with Crippen molar-refractivity contribution in [2.45, 2.75) is 33.6 Å². The lowest BCUT2D eigenvalue weighted by atomic mass is 9.70. The van der Waals surface area contributed by atoms with E-state index in [9.17, 15) is 0 Å². The Morgan fingerprint density at radius 2 is 2.03 bits per heavy atom. The lowest BCUT2D eigenvalue weighted by molar-refractivity contribution is 0.0382. The highest BCUT2D eigenvalue weighted by atomic mass is 16.5. The molecule has 8 heteroatoms. The minimum atomic E-state index is 0.451. The van der Waals surface area contributed by atoms with Crippen LogP contribution in [0.5, 0.6) is 0 Å². The van der Waals surface area contributed by atoms with Crippen molar-refractivity contribution in [2.24, 2.45) is 30.7 Å². The summed E-state index contributed by atoms with van der Waals surface area (Å²) in [6.07, 6.45) is 7.97. The molecule has 32 heavy (non-hydrogen) atoms. The fourth-order valence-electron chi connectivity index (χ4n) is 5.05. The van der Waals surface area contributed by atoms with Crippen molar-refractivity contribution in [2.75, 3.05) is 45.9 Å². The number of imidazole rings is 1. The lowest BCUT2D eigenvalue weighted by Gasteiger charge is -2.37. The normalized spacial score (nSPS) is 24.8. The zero-order valence-corrected chi connectivity index (χ0v) is 20.0. The number of allylic oxidation sites excluding steroid dienone is 1. The minimum absolute atomic E-state index is 0.451. The summed E-state index contributed by atoms with van der Waals surface area (Å²) < 4.78 is 13.3. The molecule has 176 valence electrons. The maximum absolute atomic E-state index is 5.98. The smallest absolute Gasteiger partial charge is 0.265 e. The maximum atomic E-state index is 5.98. The Bertz CT molecular complexity index is 883. The summed E-state index contributed by atoms with van der Waals surface area (Å²) in [4.78, 5) is 6.63. The van der Waals surface area contributed by atoms with E-state index < -0.39 is 0 Å². The molecule has 0 radical (unpaired) electrons. The van der Waals surface area contributed by atoms with Crippen LogP contribution in [0.3, 0.4) is 0 Å². The third-order valence-corrected chi connectivity index (χ3v) is 7.10. The number of aryl methyl sites for hydroxylation is 1. The van der Waals surface area contributed by atoms with Gasteiger partial charge in [0.1, 0.15) is 5.69 Å². The fourth-order valence-corrected chi connectivity index (χ4v) is 5.05. The number of nitrogens with zero attached hydrogens (tertiary/aromatic N) is 5. The summed E-state index contributed by atoms with van der Waals surface area (Å²) in [6.45, 7) is 14.0. The first-order chi connectivity index (χ1) is 15.5. The van der Waals surface area contributed by atoms with Crippen molar-refractivity contribution in [3.8, 4) is 11.6 Å². The number of ether oxygens (including phenoxy) is 1. The number of rotatable bonds is 9. The van der Waals surface area contributed by atoms with Crippen LogP contribution in [0.1, 0.15) is 33.1 Å². The van der Waals surface area contributed by atoms with Gasteiger partial charge in [-0.25, -0.2) is 4.98 Å². The van der Waals surface area contributed by atoms with Gasteiger partial charge in [0.15, 0.2) is 0 Å². The van der Waals surface area contributed by atoms with Gasteiger partial charge in [-0.3, -0.25) is 4.90 Å². The van der Waals surface area contributed by atoms with Crippen molar-refractivity contribution in [1.82, 2.24) is 30.0 Å². The molecule has 3 heterocycles. The number of nitrogens with one attached hydrogen (secondary N) is 1. The molecule has 2 aromatic rings. The predicted molar refractivity (Wildman–Crippen MR) is 124 cm³/mol. The molecule has 0 aromatic carbocycles. The zero-order valence-electron chi connectivity index (χ0n) is 20.0. The fraction of sp³-hybridized carbons (Fsp3) is 0.708. The first-order valence-corrected chi connectivity index (χ1v) is 12.0. The Balaban J connectivity index is 1.33. The van der Waals surface area contributed by atoms with Crippen LogP contribution in [0, 0.1) is 23.7 Å². The van der Waals surface area contributed by atoms with Crippen molar-refractivity contribution in [3.63, 3.8) is 0 Å². The average Bonchev–Trinajstić information content (AvgIpc) is 3.42. The molecule has 2 aromatic heterocycles. The summed E-state index contributed by atoms with van der Waals surface area (Å²) in [7, 11) is 1.93. The highest BCUT2D eigenvalue weighted by molar-refractivity contribution is 5.44. The number of hydrogen-bond acceptors (Lipinski definition) is 7. The second kappa shape index (κ2) is 10.7. The van der Waals surface area contributed by atoms with Gasteiger partial charge >= 0.3 is 0 Å². The van der Waals surface area contributed by atoms with Gasteiger partial charge in [0.05, 0.1) is 25.7 Å². The molecule has 1 fully saturated rings. The maximum Gasteiger partial charge on any atom is 0.265 e. The van der Waals surface area contributed by atoms with Crippen molar-refractivity contribution in [1.29, 1.82) is 0 Å². The zero-order chi connectivity index (χ0) is 22.5. The van der Waals surface area contributed by atoms with Crippen molar-refractivity contribution in [3.05, 3.63) is 30.1 Å². The second-order valence-electron chi connectivity index (χ2n) is 9.67. The molecule has 3 unspecified atom stereocenters. The molecule has 2 aliphatic rings. The summed E-state index contributed by atoms with van der Waals surface area (Å²) in [6, 6.07) is 0. The van der Waals surface area contributed by atoms with E-state index in [-0.39, 0.29) is 0 Å². The third-order valence-electron chi connectivity index (χ3n) is 7.10. The lowest BCUT2D eigenvalue weighted by Crippen LogP contribution is -2.42. The predicted octanol–water partition coefficient (Wildman–Crippen LogP) is 2.79. The monoisotopic (exact) mass is 442 g/mol. The van der Waals surface area contributed by atoms with Gasteiger partial charge in [-0.15, -0.1) is 10.2 Å². The van der Waals surface area contributed by atoms with Crippen LogP contribution in [0.15, 0.2) is 28.6 Å². The molecule has 1 aliphatic carbocycles. The molecule has 1 N–H and O–H groups in total. The second-order valence-corrected chi connectivity index (χ2v) is 9.67. The Morgan fingerprint density at radius 1 is 1.22 bits per heavy atom. The van der Waals surface area contributed by atoms with E-state index in [0.29, 0.717) is 35.5 Å². The summed E-state index contributed by atoms with van der Waals surface area (Å²) in [5.41, 5.74) is 2.30. The van der Waals surface area contributed by atoms with E-state index in [1.54, 1.807) is 12.5 Å². The standard InChI is InChI=1S/C24H38N6O2/c1-17(2)21-12-19(13-23-27-28-24(32-23)22-15-26-16-29(22)4)18(3)11-20(21)14-25-5-6-30-7-9-31-10-8-30/h11,15-17,19-21,25H,5-10,12-14H2,1-4H3. The highest BCUT2D eigenvalue weighted by Crippen LogP contribution is 2.38. The number of hydrogen-bond donors (Lipinski definition) is 1.